The van der Waals surface area contributed by atoms with Gasteiger partial charge in [0.25, 0.3) is 0 Å². The van der Waals surface area contributed by atoms with Crippen LogP contribution in [0.15, 0.2) is 27.1 Å². The van der Waals surface area contributed by atoms with E-state index in [4.69, 9.17) is 10.5 Å². The monoisotopic (exact) mass is 375 g/mol. The predicted octanol–water partition coefficient (Wildman–Crippen LogP) is 4.27. The molecule has 1 aromatic carbocycles. The smallest absolute Gasteiger partial charge is 0.0600 e. The van der Waals surface area contributed by atoms with E-state index in [1.54, 1.807) is 0 Å². The van der Waals surface area contributed by atoms with Gasteiger partial charge in [-0.15, -0.1) is 0 Å². The topological polar surface area (TPSA) is 35.2 Å². The molecule has 1 fully saturated rings. The Balaban J connectivity index is 2.30. The summed E-state index contributed by atoms with van der Waals surface area (Å²) < 4.78 is 8.02. The first kappa shape index (κ1) is 14.5. The molecule has 100 valence electrons. The molecule has 1 aliphatic heterocycles. The number of halogens is 2. The first-order valence-electron chi connectivity index (χ1n) is 6.27. The van der Waals surface area contributed by atoms with Crippen molar-refractivity contribution in [1.29, 1.82) is 0 Å². The first-order valence-corrected chi connectivity index (χ1v) is 7.86. The third-order valence-corrected chi connectivity index (χ3v) is 5.27. The van der Waals surface area contributed by atoms with Crippen LogP contribution < -0.4 is 5.73 Å². The molecule has 2 nitrogen and oxygen atoms in total. The minimum Gasteiger partial charge on any atom is -0.375 e. The summed E-state index contributed by atoms with van der Waals surface area (Å²) in [6, 6.07) is 6.14. The second-order valence-corrected chi connectivity index (χ2v) is 6.94. The molecule has 4 heteroatoms. The van der Waals surface area contributed by atoms with Crippen molar-refractivity contribution >= 4 is 31.9 Å². The maximum atomic E-state index is 6.48. The Hall–Kier alpha value is 0.1000. The molecular weight excluding hydrogens is 358 g/mol. The Labute approximate surface area is 126 Å². The number of rotatable bonds is 2. The van der Waals surface area contributed by atoms with E-state index in [1.807, 2.05) is 12.1 Å². The Bertz CT molecular complexity index is 438. The summed E-state index contributed by atoms with van der Waals surface area (Å²) in [6.07, 6.45) is 0.484. The lowest BCUT2D eigenvalue weighted by Gasteiger charge is -2.27. The van der Waals surface area contributed by atoms with E-state index in [2.05, 4.69) is 58.7 Å². The highest BCUT2D eigenvalue weighted by Crippen LogP contribution is 2.41. The summed E-state index contributed by atoms with van der Waals surface area (Å²) in [5.74, 6) is 0.825. The van der Waals surface area contributed by atoms with Gasteiger partial charge in [0.1, 0.15) is 0 Å². The Morgan fingerprint density at radius 3 is 2.39 bits per heavy atom. The summed E-state index contributed by atoms with van der Waals surface area (Å²) in [6.45, 7) is 6.48. The predicted molar refractivity (Wildman–Crippen MR) is 81.4 cm³/mol. The minimum absolute atomic E-state index is 0.00757. The van der Waals surface area contributed by atoms with Crippen molar-refractivity contribution in [1.82, 2.24) is 0 Å². The van der Waals surface area contributed by atoms with Gasteiger partial charge in [0.05, 0.1) is 12.2 Å². The van der Waals surface area contributed by atoms with Crippen molar-refractivity contribution in [3.05, 3.63) is 32.7 Å². The van der Waals surface area contributed by atoms with Crippen molar-refractivity contribution < 1.29 is 4.74 Å². The van der Waals surface area contributed by atoms with Crippen molar-refractivity contribution in [2.24, 2.45) is 17.6 Å². The van der Waals surface area contributed by atoms with Crippen molar-refractivity contribution in [3.63, 3.8) is 0 Å². The highest BCUT2D eigenvalue weighted by atomic mass is 79.9. The molecule has 18 heavy (non-hydrogen) atoms. The number of ether oxygens (including phenoxy) is 1. The van der Waals surface area contributed by atoms with Crippen LogP contribution in [0.2, 0.25) is 0 Å². The Morgan fingerprint density at radius 1 is 1.17 bits per heavy atom. The Kier molecular flexibility index (Phi) is 4.52. The van der Waals surface area contributed by atoms with Crippen LogP contribution in [-0.4, -0.2) is 12.2 Å². The fourth-order valence-corrected chi connectivity index (χ4v) is 3.78. The molecule has 0 amide bonds. The molecule has 2 rings (SSSR count). The zero-order chi connectivity index (χ0) is 13.4. The van der Waals surface area contributed by atoms with Crippen LogP contribution in [0.3, 0.4) is 0 Å². The fraction of sp³-hybridized carbons (Fsp3) is 0.571. The molecule has 0 aromatic heterocycles. The SMILES string of the molecule is CC1OC(C)C(C(N)c2cc(Br)ccc2Br)C1C. The number of hydrogen-bond donors (Lipinski definition) is 1. The second kappa shape index (κ2) is 5.61. The molecule has 0 saturated carbocycles. The van der Waals surface area contributed by atoms with Crippen LogP contribution in [0.4, 0.5) is 0 Å². The summed E-state index contributed by atoms with van der Waals surface area (Å²) in [7, 11) is 0. The van der Waals surface area contributed by atoms with Crippen LogP contribution >= 0.6 is 31.9 Å². The lowest BCUT2D eigenvalue weighted by molar-refractivity contribution is 0.0489. The average molecular weight is 377 g/mol. The quantitative estimate of drug-likeness (QED) is 0.836. The van der Waals surface area contributed by atoms with Crippen molar-refractivity contribution in [2.75, 3.05) is 0 Å². The molecule has 1 aliphatic rings. The van der Waals surface area contributed by atoms with Gasteiger partial charge in [-0.3, -0.25) is 0 Å². The lowest BCUT2D eigenvalue weighted by atomic mass is 9.81. The van der Waals surface area contributed by atoms with E-state index in [0.29, 0.717) is 11.8 Å². The lowest BCUT2D eigenvalue weighted by Crippen LogP contribution is -2.30. The van der Waals surface area contributed by atoms with Crippen LogP contribution in [0.1, 0.15) is 32.4 Å². The maximum absolute atomic E-state index is 6.48. The van der Waals surface area contributed by atoms with Gasteiger partial charge in [0.2, 0.25) is 0 Å². The third-order valence-electron chi connectivity index (χ3n) is 4.05. The van der Waals surface area contributed by atoms with Gasteiger partial charge in [-0.1, -0.05) is 38.8 Å². The number of hydrogen-bond acceptors (Lipinski definition) is 2. The van der Waals surface area contributed by atoms with E-state index < -0.39 is 0 Å². The molecule has 0 spiro atoms. The van der Waals surface area contributed by atoms with Crippen molar-refractivity contribution in [2.45, 2.75) is 39.0 Å². The molecular formula is C14H19Br2NO. The summed E-state index contributed by atoms with van der Waals surface area (Å²) in [4.78, 5) is 0. The van der Waals surface area contributed by atoms with E-state index in [-0.39, 0.29) is 18.2 Å². The standard InChI is InChI=1S/C14H19Br2NO/c1-7-8(2)18-9(3)13(7)14(17)11-6-10(15)4-5-12(11)16/h4-9,13-14H,17H2,1-3H3. The highest BCUT2D eigenvalue weighted by Gasteiger charge is 2.41. The maximum Gasteiger partial charge on any atom is 0.0600 e. The van der Waals surface area contributed by atoms with Gasteiger partial charge in [0.15, 0.2) is 0 Å². The molecule has 1 heterocycles. The van der Waals surface area contributed by atoms with Crippen LogP contribution in [0.25, 0.3) is 0 Å². The van der Waals surface area contributed by atoms with Gasteiger partial charge in [-0.05, 0) is 43.5 Å². The van der Waals surface area contributed by atoms with Gasteiger partial charge in [0, 0.05) is 20.9 Å². The van der Waals surface area contributed by atoms with Crippen molar-refractivity contribution in [3.8, 4) is 0 Å². The molecule has 1 saturated heterocycles. The number of nitrogens with two attached hydrogens (primary N) is 1. The Morgan fingerprint density at radius 2 is 1.83 bits per heavy atom. The van der Waals surface area contributed by atoms with E-state index in [1.165, 1.54) is 0 Å². The molecule has 0 radical (unpaired) electrons. The largest absolute Gasteiger partial charge is 0.375 e. The summed E-state index contributed by atoms with van der Waals surface area (Å²) >= 11 is 7.10. The average Bonchev–Trinajstić information content (AvgIpc) is 2.56. The number of benzene rings is 1. The molecule has 5 unspecified atom stereocenters. The fourth-order valence-electron chi connectivity index (χ4n) is 2.89. The summed E-state index contributed by atoms with van der Waals surface area (Å²) in [5.41, 5.74) is 7.63. The molecule has 2 N–H and O–H groups in total. The highest BCUT2D eigenvalue weighted by molar-refractivity contribution is 9.11. The third kappa shape index (κ3) is 2.67. The second-order valence-electron chi connectivity index (χ2n) is 5.17. The normalized spacial score (nSPS) is 33.7. The molecule has 1 aromatic rings. The van der Waals surface area contributed by atoms with Gasteiger partial charge < -0.3 is 10.5 Å². The molecule has 0 aliphatic carbocycles. The van der Waals surface area contributed by atoms with Crippen LogP contribution in [0, 0.1) is 11.8 Å². The van der Waals surface area contributed by atoms with E-state index >= 15 is 0 Å². The van der Waals surface area contributed by atoms with E-state index in [0.717, 1.165) is 14.5 Å². The van der Waals surface area contributed by atoms with E-state index in [9.17, 15) is 0 Å². The van der Waals surface area contributed by atoms with Crippen LogP contribution in [0.5, 0.6) is 0 Å². The van der Waals surface area contributed by atoms with Gasteiger partial charge in [-0.2, -0.15) is 0 Å². The van der Waals surface area contributed by atoms with Gasteiger partial charge >= 0.3 is 0 Å². The zero-order valence-corrected chi connectivity index (χ0v) is 14.0. The first-order chi connectivity index (χ1) is 8.41. The zero-order valence-electron chi connectivity index (χ0n) is 10.9. The van der Waals surface area contributed by atoms with Gasteiger partial charge in [-0.25, -0.2) is 0 Å². The summed E-state index contributed by atoms with van der Waals surface area (Å²) in [5, 5.41) is 0. The minimum atomic E-state index is -0.00757. The molecule has 0 bridgehead atoms. The molecule has 5 atom stereocenters. The van der Waals surface area contributed by atoms with Crippen LogP contribution in [-0.2, 0) is 4.74 Å².